The number of aryl methyl sites for hydroxylation is 1. The number of hydrogen-bond acceptors (Lipinski definition) is 8. The van der Waals surface area contributed by atoms with Gasteiger partial charge in [-0.15, -0.1) is 10.2 Å². The largest absolute Gasteiger partial charge is 0.385 e. The molecule has 3 rings (SSSR count). The van der Waals surface area contributed by atoms with E-state index in [9.17, 15) is 0 Å². The molecule has 0 aliphatic carbocycles. The molecule has 0 fully saturated rings. The lowest BCUT2D eigenvalue weighted by Crippen LogP contribution is -2.18. The number of allylic oxidation sites excluding steroid dienone is 3. The number of anilines is 1. The number of hydrazone groups is 1. The molecule has 1 aliphatic rings. The third-order valence-electron chi connectivity index (χ3n) is 3.83. The van der Waals surface area contributed by atoms with Crippen molar-refractivity contribution in [3.63, 3.8) is 0 Å². The molecule has 2 aromatic heterocycles. The quantitative estimate of drug-likeness (QED) is 0.751. The molecule has 29 heavy (non-hydrogen) atoms. The van der Waals surface area contributed by atoms with Gasteiger partial charge in [-0.25, -0.2) is 5.01 Å². The Balaban J connectivity index is 0.00000145. The fraction of sp³-hybridized carbons (Fsp3) is 0.286. The van der Waals surface area contributed by atoms with Gasteiger partial charge in [-0.3, -0.25) is 4.98 Å². The predicted octanol–water partition coefficient (Wildman–Crippen LogP) is 4.99. The minimum Gasteiger partial charge on any atom is -0.385 e. The van der Waals surface area contributed by atoms with Crippen molar-refractivity contribution >= 4 is 28.9 Å². The summed E-state index contributed by atoms with van der Waals surface area (Å²) < 4.78 is 0. The van der Waals surface area contributed by atoms with E-state index in [-0.39, 0.29) is 0 Å². The van der Waals surface area contributed by atoms with Gasteiger partial charge in [0.2, 0.25) is 0 Å². The number of nitrogens with one attached hydrogen (secondary N) is 1. The molecule has 0 aromatic carbocycles. The topological polar surface area (TPSA) is 90.1 Å². The lowest BCUT2D eigenvalue weighted by molar-refractivity contribution is 0.537. The highest BCUT2D eigenvalue weighted by Crippen LogP contribution is 2.33. The van der Waals surface area contributed by atoms with Crippen LogP contribution in [0.1, 0.15) is 38.4 Å². The number of hydrogen-bond donors (Lipinski definition) is 1. The molecule has 1 N–H and O–H groups in total. The molecule has 3 heterocycles. The van der Waals surface area contributed by atoms with Gasteiger partial charge in [-0.05, 0) is 32.9 Å². The van der Waals surface area contributed by atoms with Crippen molar-refractivity contribution in [1.29, 1.82) is 5.26 Å². The van der Waals surface area contributed by atoms with E-state index in [2.05, 4.69) is 38.2 Å². The highest BCUT2D eigenvalue weighted by Gasteiger charge is 2.19. The Morgan fingerprint density at radius 3 is 2.69 bits per heavy atom. The normalized spacial score (nSPS) is 13.4. The van der Waals surface area contributed by atoms with E-state index in [1.54, 1.807) is 17.3 Å². The van der Waals surface area contributed by atoms with Crippen molar-refractivity contribution in [1.82, 2.24) is 20.2 Å². The number of aromatic nitrogens is 3. The van der Waals surface area contributed by atoms with E-state index in [4.69, 9.17) is 5.26 Å². The molecular weight excluding hydrogens is 382 g/mol. The van der Waals surface area contributed by atoms with Gasteiger partial charge < -0.3 is 5.32 Å². The molecule has 7 nitrogen and oxygen atoms in total. The maximum Gasteiger partial charge on any atom is 0.151 e. The van der Waals surface area contributed by atoms with Crippen LogP contribution in [0.5, 0.6) is 0 Å². The second kappa shape index (κ2) is 10.3. The third-order valence-corrected chi connectivity index (χ3v) is 4.70. The molecule has 0 saturated carbocycles. The van der Waals surface area contributed by atoms with Gasteiger partial charge in [0.1, 0.15) is 11.1 Å². The Labute approximate surface area is 175 Å². The molecule has 0 atom stereocenters. The van der Waals surface area contributed by atoms with Crippen molar-refractivity contribution in [2.75, 3.05) is 11.9 Å². The highest BCUT2D eigenvalue weighted by molar-refractivity contribution is 7.14. The van der Waals surface area contributed by atoms with E-state index in [0.717, 1.165) is 39.2 Å². The summed E-state index contributed by atoms with van der Waals surface area (Å²) in [6.07, 6.45) is 6.92. The lowest BCUT2D eigenvalue weighted by atomic mass is 10.1. The van der Waals surface area contributed by atoms with E-state index < -0.39 is 0 Å². The number of rotatable bonds is 5. The van der Waals surface area contributed by atoms with Gasteiger partial charge in [0.05, 0.1) is 34.4 Å². The second-order valence-corrected chi connectivity index (χ2v) is 6.89. The van der Waals surface area contributed by atoms with Crippen molar-refractivity contribution in [3.8, 4) is 16.6 Å². The minimum atomic E-state index is 0.468. The first-order valence-electron chi connectivity index (χ1n) is 9.43. The van der Waals surface area contributed by atoms with E-state index in [1.165, 1.54) is 17.6 Å². The van der Waals surface area contributed by atoms with Crippen LogP contribution in [-0.4, -0.2) is 32.9 Å². The van der Waals surface area contributed by atoms with Gasteiger partial charge >= 0.3 is 0 Å². The van der Waals surface area contributed by atoms with Crippen LogP contribution in [-0.2, 0) is 0 Å². The van der Waals surface area contributed by atoms with Crippen molar-refractivity contribution in [2.24, 2.45) is 5.10 Å². The molecule has 0 radical (unpaired) electrons. The predicted molar refractivity (Wildman–Crippen MR) is 120 cm³/mol. The Morgan fingerprint density at radius 1 is 1.38 bits per heavy atom. The summed E-state index contributed by atoms with van der Waals surface area (Å²) in [4.78, 5) is 4.62. The number of pyridine rings is 1. The Kier molecular flexibility index (Phi) is 7.80. The van der Waals surface area contributed by atoms with Crippen LogP contribution < -0.4 is 5.32 Å². The van der Waals surface area contributed by atoms with Gasteiger partial charge in [0, 0.05) is 18.4 Å². The Bertz CT molecular complexity index is 1010. The van der Waals surface area contributed by atoms with Crippen molar-refractivity contribution in [3.05, 3.63) is 53.0 Å². The summed E-state index contributed by atoms with van der Waals surface area (Å²) in [5, 5.41) is 28.5. The second-order valence-electron chi connectivity index (χ2n) is 5.70. The van der Waals surface area contributed by atoms with Crippen LogP contribution in [0.25, 0.3) is 16.3 Å². The van der Waals surface area contributed by atoms with Crippen LogP contribution >= 0.6 is 11.3 Å². The average Bonchev–Trinajstić information content (AvgIpc) is 3.17. The van der Waals surface area contributed by atoms with Crippen LogP contribution in [0.4, 0.5) is 5.69 Å². The SMILES string of the molecule is C=C1C=C(C#N)C=NN1/C(=C\C)c1cc(NCC)c(-c2nnc(C)s2)cn1.CC. The van der Waals surface area contributed by atoms with Crippen molar-refractivity contribution in [2.45, 2.75) is 34.6 Å². The Morgan fingerprint density at radius 2 is 2.14 bits per heavy atom. The molecule has 150 valence electrons. The first-order chi connectivity index (χ1) is 14.1. The summed E-state index contributed by atoms with van der Waals surface area (Å²) in [5.74, 6) is 0. The molecule has 0 bridgehead atoms. The van der Waals surface area contributed by atoms with E-state index >= 15 is 0 Å². The fourth-order valence-electron chi connectivity index (χ4n) is 2.64. The maximum atomic E-state index is 9.03. The summed E-state index contributed by atoms with van der Waals surface area (Å²) in [6, 6.07) is 4.04. The van der Waals surface area contributed by atoms with Crippen LogP contribution in [0.2, 0.25) is 0 Å². The standard InChI is InChI=1S/C19H19N7S.C2H6/c1-5-18(26-12(3)7-14(9-20)10-23-26)17-8-16(21-6-2)15(11-22-17)19-25-24-13(4)27-19;1-2/h5,7-8,10-11H,3,6H2,1-2,4H3,(H,21,22);1-2H3/b18-5-;. The summed E-state index contributed by atoms with van der Waals surface area (Å²) in [5.41, 5.74) is 4.44. The monoisotopic (exact) mass is 407 g/mol. The lowest BCUT2D eigenvalue weighted by Gasteiger charge is -2.24. The molecule has 2 aromatic rings. The van der Waals surface area contributed by atoms with E-state index in [0.29, 0.717) is 11.3 Å². The van der Waals surface area contributed by atoms with Crippen LogP contribution in [0.3, 0.4) is 0 Å². The minimum absolute atomic E-state index is 0.468. The number of nitriles is 1. The molecular formula is C21H25N7S. The molecule has 0 spiro atoms. The average molecular weight is 408 g/mol. The fourth-order valence-corrected chi connectivity index (χ4v) is 3.35. The summed E-state index contributed by atoms with van der Waals surface area (Å²) in [7, 11) is 0. The van der Waals surface area contributed by atoms with Crippen LogP contribution in [0.15, 0.2) is 47.4 Å². The zero-order valence-electron chi connectivity index (χ0n) is 17.4. The first kappa shape index (κ1) is 22.0. The van der Waals surface area contributed by atoms with Gasteiger partial charge in [-0.2, -0.15) is 10.4 Å². The smallest absolute Gasteiger partial charge is 0.151 e. The highest BCUT2D eigenvalue weighted by atomic mass is 32.1. The van der Waals surface area contributed by atoms with Gasteiger partial charge in [-0.1, -0.05) is 37.8 Å². The van der Waals surface area contributed by atoms with Gasteiger partial charge in [0.15, 0.2) is 5.01 Å². The summed E-state index contributed by atoms with van der Waals surface area (Å²) >= 11 is 1.53. The van der Waals surface area contributed by atoms with Gasteiger partial charge in [0.25, 0.3) is 0 Å². The molecule has 8 heteroatoms. The third kappa shape index (κ3) is 4.95. The van der Waals surface area contributed by atoms with E-state index in [1.807, 2.05) is 46.8 Å². The summed E-state index contributed by atoms with van der Waals surface area (Å²) in [6.45, 7) is 14.6. The van der Waals surface area contributed by atoms with Crippen molar-refractivity contribution < 1.29 is 0 Å². The first-order valence-corrected chi connectivity index (χ1v) is 10.2. The maximum absolute atomic E-state index is 9.03. The molecule has 1 aliphatic heterocycles. The zero-order chi connectivity index (χ0) is 21.4. The molecule has 0 unspecified atom stereocenters. The number of nitrogens with zero attached hydrogens (tertiary/aromatic N) is 6. The van der Waals surface area contributed by atoms with Crippen LogP contribution in [0, 0.1) is 18.3 Å². The molecule has 0 amide bonds. The zero-order valence-corrected chi connectivity index (χ0v) is 18.2. The molecule has 0 saturated heterocycles. The Hall–Kier alpha value is -3.31.